The van der Waals surface area contributed by atoms with Gasteiger partial charge < -0.3 is 15.1 Å². The van der Waals surface area contributed by atoms with E-state index in [1.807, 2.05) is 42.5 Å². The first-order chi connectivity index (χ1) is 15.5. The Hall–Kier alpha value is -2.75. The summed E-state index contributed by atoms with van der Waals surface area (Å²) in [6, 6.07) is 20.0. The molecule has 3 aromatic rings. The Bertz CT molecular complexity index is 1110. The molecule has 5 nitrogen and oxygen atoms in total. The van der Waals surface area contributed by atoms with Crippen LogP contribution in [-0.4, -0.2) is 41.4 Å². The van der Waals surface area contributed by atoms with E-state index < -0.39 is 0 Å². The number of piperazine rings is 1. The summed E-state index contributed by atoms with van der Waals surface area (Å²) in [6.45, 7) is 9.20. The molecule has 0 saturated carbocycles. The average molecular weight is 468 g/mol. The minimum Gasteiger partial charge on any atom is -0.508 e. The second kappa shape index (κ2) is 9.81. The molecule has 0 bridgehead atoms. The van der Waals surface area contributed by atoms with Crippen molar-refractivity contribution >= 4 is 34.6 Å². The molecule has 1 saturated heterocycles. The second-order valence-electron chi connectivity index (χ2n) is 7.79. The first kappa shape index (κ1) is 22.4. The van der Waals surface area contributed by atoms with Crippen molar-refractivity contribution in [3.63, 3.8) is 0 Å². The van der Waals surface area contributed by atoms with E-state index in [1.54, 1.807) is 24.3 Å². The van der Waals surface area contributed by atoms with Crippen LogP contribution in [0.4, 0.5) is 11.4 Å². The Morgan fingerprint density at radius 2 is 1.72 bits per heavy atom. The Kier molecular flexibility index (Phi) is 6.88. The number of phenols is 1. The standard InChI is InChI=1S/C25H23Cl2N3O2/c1-28-20-8-4-18(5-9-20)25(16-31)29-12-13-30(23-11-10-21(32)14-22(23)27)24(15-29)17-2-6-19(26)7-3-17/h2-11,14,24-25,31-32H,12-13,15-16H2/t24-,25+/m0/s1. The first-order valence-corrected chi connectivity index (χ1v) is 11.1. The van der Waals surface area contributed by atoms with Crippen LogP contribution in [0.15, 0.2) is 66.7 Å². The fourth-order valence-corrected chi connectivity index (χ4v) is 4.69. The van der Waals surface area contributed by atoms with Gasteiger partial charge in [-0.15, -0.1) is 0 Å². The van der Waals surface area contributed by atoms with Crippen LogP contribution < -0.4 is 4.90 Å². The Morgan fingerprint density at radius 1 is 1.00 bits per heavy atom. The molecule has 4 rings (SSSR count). The molecule has 0 radical (unpaired) electrons. The monoisotopic (exact) mass is 467 g/mol. The summed E-state index contributed by atoms with van der Waals surface area (Å²) < 4.78 is 0. The van der Waals surface area contributed by atoms with Gasteiger partial charge in [0.1, 0.15) is 5.75 Å². The minimum atomic E-state index is -0.179. The number of aliphatic hydroxyl groups excluding tert-OH is 1. The van der Waals surface area contributed by atoms with Crippen LogP contribution >= 0.6 is 23.2 Å². The summed E-state index contributed by atoms with van der Waals surface area (Å²) in [7, 11) is 0. The zero-order chi connectivity index (χ0) is 22.7. The van der Waals surface area contributed by atoms with Gasteiger partial charge in [-0.25, -0.2) is 4.85 Å². The number of rotatable bonds is 5. The first-order valence-electron chi connectivity index (χ1n) is 10.3. The molecule has 2 atom stereocenters. The van der Waals surface area contributed by atoms with E-state index in [-0.39, 0.29) is 24.4 Å². The number of halogens is 2. The lowest BCUT2D eigenvalue weighted by molar-refractivity contribution is 0.103. The molecule has 0 amide bonds. The third kappa shape index (κ3) is 4.69. The predicted molar refractivity (Wildman–Crippen MR) is 129 cm³/mol. The van der Waals surface area contributed by atoms with Gasteiger partial charge in [-0.05, 0) is 35.4 Å². The summed E-state index contributed by atoms with van der Waals surface area (Å²) in [4.78, 5) is 7.95. The van der Waals surface area contributed by atoms with Crippen molar-refractivity contribution in [3.8, 4) is 5.75 Å². The molecule has 7 heteroatoms. The number of aliphatic hydroxyl groups is 1. The summed E-state index contributed by atoms with van der Waals surface area (Å²) in [5.74, 6) is 0.128. The maximum absolute atomic E-state index is 10.2. The summed E-state index contributed by atoms with van der Waals surface area (Å²) in [5.41, 5.74) is 3.50. The zero-order valence-electron chi connectivity index (χ0n) is 17.3. The second-order valence-corrected chi connectivity index (χ2v) is 8.64. The molecule has 0 spiro atoms. The fourth-order valence-electron chi connectivity index (χ4n) is 4.28. The molecule has 32 heavy (non-hydrogen) atoms. The SMILES string of the molecule is [C-]#[N+]c1ccc([C@@H](CO)N2CCN(c3ccc(O)cc3Cl)[C@H](c3ccc(Cl)cc3)C2)cc1. The Morgan fingerprint density at radius 3 is 2.34 bits per heavy atom. The van der Waals surface area contributed by atoms with Crippen molar-refractivity contribution in [1.82, 2.24) is 4.90 Å². The Balaban J connectivity index is 1.67. The van der Waals surface area contributed by atoms with Gasteiger partial charge in [-0.3, -0.25) is 4.90 Å². The lowest BCUT2D eigenvalue weighted by atomic mass is 9.98. The van der Waals surface area contributed by atoms with Gasteiger partial charge in [0.2, 0.25) is 0 Å². The van der Waals surface area contributed by atoms with Crippen LogP contribution in [0.5, 0.6) is 5.75 Å². The van der Waals surface area contributed by atoms with Crippen LogP contribution in [0, 0.1) is 6.57 Å². The molecule has 1 aliphatic heterocycles. The number of nitrogens with zero attached hydrogens (tertiary/aromatic N) is 3. The topological polar surface area (TPSA) is 51.3 Å². The zero-order valence-corrected chi connectivity index (χ0v) is 18.8. The maximum atomic E-state index is 10.2. The van der Waals surface area contributed by atoms with Crippen molar-refractivity contribution in [2.45, 2.75) is 12.1 Å². The summed E-state index contributed by atoms with van der Waals surface area (Å²) in [5, 5.41) is 21.2. The van der Waals surface area contributed by atoms with Crippen molar-refractivity contribution in [2.75, 3.05) is 31.1 Å². The largest absolute Gasteiger partial charge is 0.508 e. The van der Waals surface area contributed by atoms with Crippen molar-refractivity contribution in [3.05, 3.63) is 99.3 Å². The lowest BCUT2D eigenvalue weighted by Gasteiger charge is -2.46. The van der Waals surface area contributed by atoms with Gasteiger partial charge in [0.15, 0.2) is 5.69 Å². The van der Waals surface area contributed by atoms with Gasteiger partial charge >= 0.3 is 0 Å². The van der Waals surface area contributed by atoms with Crippen LogP contribution in [0.2, 0.25) is 10.0 Å². The highest BCUT2D eigenvalue weighted by Gasteiger charge is 2.33. The molecule has 0 unspecified atom stereocenters. The maximum Gasteiger partial charge on any atom is 0.187 e. The third-order valence-corrected chi connectivity index (χ3v) is 6.48. The predicted octanol–water partition coefficient (Wildman–Crippen LogP) is 5.85. The number of benzene rings is 3. The fraction of sp³-hybridized carbons (Fsp3) is 0.240. The smallest absolute Gasteiger partial charge is 0.187 e. The van der Waals surface area contributed by atoms with Gasteiger partial charge in [0, 0.05) is 30.7 Å². The highest BCUT2D eigenvalue weighted by Crippen LogP contribution is 2.38. The number of hydrogen-bond donors (Lipinski definition) is 2. The molecule has 1 aliphatic rings. The van der Waals surface area contributed by atoms with Crippen LogP contribution in [-0.2, 0) is 0 Å². The molecule has 0 aromatic heterocycles. The molecular formula is C25H23Cl2N3O2. The normalized spacial score (nSPS) is 17.7. The van der Waals surface area contributed by atoms with E-state index in [0.29, 0.717) is 28.8 Å². The van der Waals surface area contributed by atoms with E-state index >= 15 is 0 Å². The quantitative estimate of drug-likeness (QED) is 0.462. The number of phenolic OH excluding ortho intramolecular Hbond substituents is 1. The average Bonchev–Trinajstić information content (AvgIpc) is 2.81. The summed E-state index contributed by atoms with van der Waals surface area (Å²) >= 11 is 12.6. The molecule has 0 aliphatic carbocycles. The number of anilines is 1. The lowest BCUT2D eigenvalue weighted by Crippen LogP contribution is -2.50. The van der Waals surface area contributed by atoms with E-state index in [2.05, 4.69) is 14.6 Å². The molecule has 2 N–H and O–H groups in total. The number of aromatic hydroxyl groups is 1. The van der Waals surface area contributed by atoms with Crippen LogP contribution in [0.1, 0.15) is 23.2 Å². The van der Waals surface area contributed by atoms with E-state index in [0.717, 1.165) is 23.4 Å². The molecule has 164 valence electrons. The molecule has 1 fully saturated rings. The van der Waals surface area contributed by atoms with Gasteiger partial charge in [-0.2, -0.15) is 0 Å². The highest BCUT2D eigenvalue weighted by atomic mass is 35.5. The minimum absolute atomic E-state index is 0.0231. The van der Waals surface area contributed by atoms with E-state index in [9.17, 15) is 10.2 Å². The van der Waals surface area contributed by atoms with Gasteiger partial charge in [0.05, 0.1) is 36.0 Å². The van der Waals surface area contributed by atoms with E-state index in [4.69, 9.17) is 29.8 Å². The van der Waals surface area contributed by atoms with Crippen LogP contribution in [0.25, 0.3) is 4.85 Å². The van der Waals surface area contributed by atoms with E-state index in [1.165, 1.54) is 0 Å². The molecule has 3 aromatic carbocycles. The highest BCUT2D eigenvalue weighted by molar-refractivity contribution is 6.33. The molecular weight excluding hydrogens is 445 g/mol. The van der Waals surface area contributed by atoms with Gasteiger partial charge in [-0.1, -0.05) is 59.6 Å². The summed E-state index contributed by atoms with van der Waals surface area (Å²) in [6.07, 6.45) is 0. The van der Waals surface area contributed by atoms with Crippen molar-refractivity contribution in [2.24, 2.45) is 0 Å². The number of hydrogen-bond acceptors (Lipinski definition) is 4. The van der Waals surface area contributed by atoms with Crippen molar-refractivity contribution in [1.29, 1.82) is 0 Å². The molecule has 1 heterocycles. The Labute approximate surface area is 197 Å². The van der Waals surface area contributed by atoms with Crippen molar-refractivity contribution < 1.29 is 10.2 Å². The third-order valence-electron chi connectivity index (χ3n) is 5.93. The van der Waals surface area contributed by atoms with Gasteiger partial charge in [0.25, 0.3) is 0 Å². The van der Waals surface area contributed by atoms with Crippen LogP contribution in [0.3, 0.4) is 0 Å².